The topological polar surface area (TPSA) is 109 Å². The molecule has 0 bridgehead atoms. The third kappa shape index (κ3) is 3.95. The molecule has 0 radical (unpaired) electrons. The molecule has 8 nitrogen and oxygen atoms in total. The summed E-state index contributed by atoms with van der Waals surface area (Å²) in [6, 6.07) is 15.0. The lowest BCUT2D eigenvalue weighted by Crippen LogP contribution is -2.26. The van der Waals surface area contributed by atoms with Crippen molar-refractivity contribution in [1.29, 1.82) is 0 Å². The minimum Gasteiger partial charge on any atom is -0.507 e. The Hall–Kier alpha value is -3.69. The number of aromatic hydroxyl groups is 2. The van der Waals surface area contributed by atoms with Crippen molar-refractivity contribution in [3.63, 3.8) is 0 Å². The fraction of sp³-hybridized carbons (Fsp3) is 0.130. The molecule has 2 aromatic heterocycles. The van der Waals surface area contributed by atoms with Crippen molar-refractivity contribution in [3.8, 4) is 28.4 Å². The molecule has 9 heteroatoms. The van der Waals surface area contributed by atoms with Crippen LogP contribution in [0.2, 0.25) is 0 Å². The number of phenolic OH excluding ortho intramolecular Hbond substituents is 2. The van der Waals surface area contributed by atoms with Crippen molar-refractivity contribution in [2.45, 2.75) is 18.4 Å². The van der Waals surface area contributed by atoms with E-state index in [9.17, 15) is 18.6 Å². The summed E-state index contributed by atoms with van der Waals surface area (Å²) in [6.07, 6.45) is 4.73. The first-order valence-corrected chi connectivity index (χ1v) is 11.2. The van der Waals surface area contributed by atoms with Gasteiger partial charge >= 0.3 is 0 Å². The van der Waals surface area contributed by atoms with Crippen LogP contribution in [0, 0.1) is 6.92 Å². The Labute approximate surface area is 186 Å². The first-order valence-electron chi connectivity index (χ1n) is 9.80. The predicted octanol–water partition coefficient (Wildman–Crippen LogP) is 3.47. The monoisotopic (exact) mass is 450 g/mol. The average Bonchev–Trinajstić information content (AvgIpc) is 3.24. The van der Waals surface area contributed by atoms with Gasteiger partial charge in [0.15, 0.2) is 0 Å². The van der Waals surface area contributed by atoms with Crippen LogP contribution in [0.15, 0.2) is 78.1 Å². The van der Waals surface area contributed by atoms with Gasteiger partial charge in [0, 0.05) is 37.6 Å². The van der Waals surface area contributed by atoms with Crippen molar-refractivity contribution in [3.05, 3.63) is 84.3 Å². The van der Waals surface area contributed by atoms with Crippen LogP contribution < -0.4 is 0 Å². The molecule has 0 amide bonds. The van der Waals surface area contributed by atoms with Gasteiger partial charge in [-0.15, -0.1) is 0 Å². The molecule has 32 heavy (non-hydrogen) atoms. The molecule has 164 valence electrons. The van der Waals surface area contributed by atoms with E-state index in [1.54, 1.807) is 41.5 Å². The van der Waals surface area contributed by atoms with E-state index in [-0.39, 0.29) is 22.8 Å². The highest BCUT2D eigenvalue weighted by molar-refractivity contribution is 7.89. The molecule has 0 fully saturated rings. The predicted molar refractivity (Wildman–Crippen MR) is 120 cm³/mol. The van der Waals surface area contributed by atoms with Gasteiger partial charge in [-0.1, -0.05) is 18.2 Å². The van der Waals surface area contributed by atoms with E-state index in [0.717, 1.165) is 27.2 Å². The molecular weight excluding hydrogens is 428 g/mol. The zero-order valence-corrected chi connectivity index (χ0v) is 18.4. The van der Waals surface area contributed by atoms with Gasteiger partial charge in [-0.25, -0.2) is 13.1 Å². The summed E-state index contributed by atoms with van der Waals surface area (Å²) in [4.78, 5) is 3.63. The van der Waals surface area contributed by atoms with Gasteiger partial charge in [-0.3, -0.25) is 4.98 Å². The van der Waals surface area contributed by atoms with Gasteiger partial charge < -0.3 is 10.2 Å². The highest BCUT2D eigenvalue weighted by Crippen LogP contribution is 2.38. The number of aryl methyl sites for hydroxylation is 1. The normalized spacial score (nSPS) is 11.7. The fourth-order valence-corrected chi connectivity index (χ4v) is 4.71. The van der Waals surface area contributed by atoms with Crippen LogP contribution in [0.25, 0.3) is 16.9 Å². The zero-order valence-electron chi connectivity index (χ0n) is 17.5. The first kappa shape index (κ1) is 21.5. The SMILES string of the molecule is Cc1ccccc1-n1nccc1-c1cc(S(=O)(=O)N(C)Cc2ccncc2)c(O)cc1O. The van der Waals surface area contributed by atoms with Crippen molar-refractivity contribution in [2.24, 2.45) is 0 Å². The van der Waals surface area contributed by atoms with Gasteiger partial charge in [0.05, 0.1) is 17.6 Å². The molecule has 0 aliphatic carbocycles. The number of phenols is 2. The Balaban J connectivity index is 1.79. The minimum absolute atomic E-state index is 0.0989. The molecule has 2 aromatic carbocycles. The molecule has 0 aliphatic heterocycles. The molecule has 4 aromatic rings. The third-order valence-corrected chi connectivity index (χ3v) is 7.01. The molecule has 2 heterocycles. The molecule has 0 saturated carbocycles. The zero-order chi connectivity index (χ0) is 22.9. The van der Waals surface area contributed by atoms with E-state index in [1.165, 1.54) is 13.1 Å². The highest BCUT2D eigenvalue weighted by atomic mass is 32.2. The second-order valence-corrected chi connectivity index (χ2v) is 9.38. The number of nitrogens with zero attached hydrogens (tertiary/aromatic N) is 4. The highest BCUT2D eigenvalue weighted by Gasteiger charge is 2.27. The lowest BCUT2D eigenvalue weighted by molar-refractivity contribution is 0.430. The van der Waals surface area contributed by atoms with E-state index >= 15 is 0 Å². The number of aromatic nitrogens is 3. The second kappa shape index (κ2) is 8.45. The summed E-state index contributed by atoms with van der Waals surface area (Å²) in [5.74, 6) is -0.789. The number of benzene rings is 2. The molecule has 0 saturated heterocycles. The summed E-state index contributed by atoms with van der Waals surface area (Å²) < 4.78 is 29.3. The number of sulfonamides is 1. The minimum atomic E-state index is -4.06. The van der Waals surface area contributed by atoms with Gasteiger partial charge in [0.1, 0.15) is 16.4 Å². The second-order valence-electron chi connectivity index (χ2n) is 7.37. The smallest absolute Gasteiger partial charge is 0.246 e. The summed E-state index contributed by atoms with van der Waals surface area (Å²) in [6.45, 7) is 2.03. The van der Waals surface area contributed by atoms with Crippen LogP contribution >= 0.6 is 0 Å². The summed E-state index contributed by atoms with van der Waals surface area (Å²) in [5.41, 5.74) is 3.23. The number of pyridine rings is 1. The molecular formula is C23H22N4O4S. The lowest BCUT2D eigenvalue weighted by Gasteiger charge is -2.19. The Bertz CT molecular complexity index is 1370. The Morgan fingerprint density at radius 2 is 1.69 bits per heavy atom. The van der Waals surface area contributed by atoms with Crippen LogP contribution in [0.4, 0.5) is 0 Å². The fourth-order valence-electron chi connectivity index (χ4n) is 3.47. The van der Waals surface area contributed by atoms with Gasteiger partial charge in [-0.05, 0) is 48.4 Å². The molecule has 4 rings (SSSR count). The summed E-state index contributed by atoms with van der Waals surface area (Å²) >= 11 is 0. The first-order chi connectivity index (χ1) is 15.3. The lowest BCUT2D eigenvalue weighted by atomic mass is 10.1. The van der Waals surface area contributed by atoms with Gasteiger partial charge in [-0.2, -0.15) is 9.40 Å². The van der Waals surface area contributed by atoms with E-state index in [0.29, 0.717) is 5.69 Å². The Kier molecular flexibility index (Phi) is 5.68. The maximum atomic E-state index is 13.2. The number of rotatable bonds is 6. The largest absolute Gasteiger partial charge is 0.507 e. The van der Waals surface area contributed by atoms with Crippen LogP contribution in [0.5, 0.6) is 11.5 Å². The van der Waals surface area contributed by atoms with Crippen molar-refractivity contribution >= 4 is 10.0 Å². The van der Waals surface area contributed by atoms with E-state index in [1.807, 2.05) is 31.2 Å². The van der Waals surface area contributed by atoms with Crippen LogP contribution in [-0.2, 0) is 16.6 Å². The quantitative estimate of drug-likeness (QED) is 0.466. The molecule has 0 unspecified atom stereocenters. The van der Waals surface area contributed by atoms with Crippen LogP contribution in [0.1, 0.15) is 11.1 Å². The number of hydrogen-bond acceptors (Lipinski definition) is 6. The third-order valence-electron chi connectivity index (χ3n) is 5.18. The van der Waals surface area contributed by atoms with E-state index < -0.39 is 15.8 Å². The standard InChI is InChI=1S/C23H22N4O4S/c1-16-5-3-4-6-19(16)27-20(9-12-25-27)18-13-23(22(29)14-21(18)28)32(30,31)26(2)15-17-7-10-24-11-8-17/h3-14,28-29H,15H2,1-2H3. The van der Waals surface area contributed by atoms with Crippen LogP contribution in [-0.4, -0.2) is 44.7 Å². The van der Waals surface area contributed by atoms with Crippen LogP contribution in [0.3, 0.4) is 0 Å². The van der Waals surface area contributed by atoms with Crippen molar-refractivity contribution < 1.29 is 18.6 Å². The maximum absolute atomic E-state index is 13.2. The van der Waals surface area contributed by atoms with Crippen molar-refractivity contribution in [1.82, 2.24) is 19.1 Å². The average molecular weight is 451 g/mol. The number of hydrogen-bond donors (Lipinski definition) is 2. The summed E-state index contributed by atoms with van der Waals surface area (Å²) in [7, 11) is -2.63. The molecule has 2 N–H and O–H groups in total. The molecule has 0 atom stereocenters. The van der Waals surface area contributed by atoms with Gasteiger partial charge in [0.25, 0.3) is 0 Å². The molecule has 0 aliphatic rings. The van der Waals surface area contributed by atoms with E-state index in [2.05, 4.69) is 10.1 Å². The molecule has 0 spiro atoms. The van der Waals surface area contributed by atoms with Crippen molar-refractivity contribution in [2.75, 3.05) is 7.05 Å². The maximum Gasteiger partial charge on any atom is 0.246 e. The Morgan fingerprint density at radius 1 is 0.969 bits per heavy atom. The van der Waals surface area contributed by atoms with Gasteiger partial charge in [0.2, 0.25) is 10.0 Å². The Morgan fingerprint density at radius 3 is 2.41 bits per heavy atom. The summed E-state index contributed by atoms with van der Waals surface area (Å²) in [5, 5.41) is 25.3. The van der Waals surface area contributed by atoms with E-state index in [4.69, 9.17) is 0 Å². The number of para-hydroxylation sites is 1.